The Morgan fingerprint density at radius 3 is 2.80 bits per heavy atom. The van der Waals surface area contributed by atoms with Gasteiger partial charge >= 0.3 is 0 Å². The molecule has 1 aliphatic rings. The fraction of sp³-hybridized carbons (Fsp3) is 0.667. The van der Waals surface area contributed by atoms with Crippen molar-refractivity contribution in [1.29, 1.82) is 0 Å². The Balaban J connectivity index is 2.19. The molecule has 1 aromatic heterocycles. The number of aromatic nitrogens is 2. The fourth-order valence-electron chi connectivity index (χ4n) is 1.77. The molecule has 0 aliphatic carbocycles. The molecule has 2 heterocycles. The second kappa shape index (κ2) is 3.53. The van der Waals surface area contributed by atoms with E-state index in [1.54, 1.807) is 7.05 Å². The quantitative estimate of drug-likeness (QED) is 0.762. The molecule has 1 fully saturated rings. The lowest BCUT2D eigenvalue weighted by Gasteiger charge is -2.37. The summed E-state index contributed by atoms with van der Waals surface area (Å²) in [6.45, 7) is 0.898. The largest absolute Gasteiger partial charge is 0.387 e. The highest BCUT2D eigenvalue weighted by atomic mass is 19.3. The molecule has 1 aliphatic heterocycles. The SMILES string of the molecule is Cn1cc(CC2(O)CNC2)c(C(F)F)n1. The van der Waals surface area contributed by atoms with Gasteiger partial charge in [0.25, 0.3) is 6.43 Å². The smallest absolute Gasteiger partial charge is 0.282 e. The number of rotatable bonds is 3. The maximum Gasteiger partial charge on any atom is 0.282 e. The van der Waals surface area contributed by atoms with Crippen LogP contribution in [0.5, 0.6) is 0 Å². The number of aryl methyl sites for hydroxylation is 1. The Bertz CT molecular complexity index is 360. The number of halogens is 2. The van der Waals surface area contributed by atoms with Crippen molar-refractivity contribution in [2.24, 2.45) is 7.05 Å². The van der Waals surface area contributed by atoms with Gasteiger partial charge in [-0.3, -0.25) is 4.68 Å². The number of hydrogen-bond acceptors (Lipinski definition) is 3. The van der Waals surface area contributed by atoms with E-state index < -0.39 is 12.0 Å². The second-order valence-corrected chi connectivity index (χ2v) is 4.02. The van der Waals surface area contributed by atoms with Crippen LogP contribution in [-0.4, -0.2) is 33.6 Å². The Labute approximate surface area is 85.9 Å². The average Bonchev–Trinajstić information content (AvgIpc) is 2.44. The normalized spacial score (nSPS) is 19.3. The maximum absolute atomic E-state index is 12.6. The van der Waals surface area contributed by atoms with Crippen molar-refractivity contribution in [3.8, 4) is 0 Å². The lowest BCUT2D eigenvalue weighted by molar-refractivity contribution is -0.00972. The van der Waals surface area contributed by atoms with Gasteiger partial charge in [-0.15, -0.1) is 0 Å². The van der Waals surface area contributed by atoms with Crippen molar-refractivity contribution in [2.45, 2.75) is 18.4 Å². The van der Waals surface area contributed by atoms with Crippen molar-refractivity contribution in [3.05, 3.63) is 17.5 Å². The standard InChI is InChI=1S/C9H13F2N3O/c1-14-3-6(7(13-14)8(10)11)2-9(15)4-12-5-9/h3,8,12,15H,2,4-5H2,1H3. The van der Waals surface area contributed by atoms with Crippen LogP contribution in [-0.2, 0) is 13.5 Å². The van der Waals surface area contributed by atoms with Gasteiger partial charge in [-0.1, -0.05) is 0 Å². The molecule has 1 aromatic rings. The Morgan fingerprint density at radius 2 is 2.33 bits per heavy atom. The first-order valence-corrected chi connectivity index (χ1v) is 4.74. The van der Waals surface area contributed by atoms with E-state index in [9.17, 15) is 13.9 Å². The van der Waals surface area contributed by atoms with Crippen molar-refractivity contribution in [1.82, 2.24) is 15.1 Å². The lowest BCUT2D eigenvalue weighted by Crippen LogP contribution is -2.60. The third kappa shape index (κ3) is 2.00. The Morgan fingerprint density at radius 1 is 1.67 bits per heavy atom. The van der Waals surface area contributed by atoms with Crippen molar-refractivity contribution < 1.29 is 13.9 Å². The van der Waals surface area contributed by atoms with Gasteiger partial charge in [0.2, 0.25) is 0 Å². The second-order valence-electron chi connectivity index (χ2n) is 4.02. The third-order valence-corrected chi connectivity index (χ3v) is 2.57. The van der Waals surface area contributed by atoms with Crippen LogP contribution in [0.25, 0.3) is 0 Å². The first kappa shape index (κ1) is 10.5. The van der Waals surface area contributed by atoms with Crippen LogP contribution in [0, 0.1) is 0 Å². The first-order chi connectivity index (χ1) is 7.00. The molecule has 0 aromatic carbocycles. The minimum atomic E-state index is -2.59. The molecular weight excluding hydrogens is 204 g/mol. The number of β-amino-alcohol motifs (C(OH)–C–C–N with tert-alkyl or cyclic N) is 1. The van der Waals surface area contributed by atoms with Gasteiger partial charge in [0, 0.05) is 38.3 Å². The number of nitrogens with one attached hydrogen (secondary N) is 1. The van der Waals surface area contributed by atoms with Gasteiger partial charge in [-0.05, 0) is 0 Å². The van der Waals surface area contributed by atoms with E-state index in [1.807, 2.05) is 0 Å². The van der Waals surface area contributed by atoms with Crippen LogP contribution in [0.2, 0.25) is 0 Å². The molecule has 84 valence electrons. The summed E-state index contributed by atoms with van der Waals surface area (Å²) in [7, 11) is 1.60. The summed E-state index contributed by atoms with van der Waals surface area (Å²) in [5.74, 6) is 0. The maximum atomic E-state index is 12.6. The van der Waals surface area contributed by atoms with E-state index in [4.69, 9.17) is 0 Å². The van der Waals surface area contributed by atoms with Crippen molar-refractivity contribution in [2.75, 3.05) is 13.1 Å². The van der Waals surface area contributed by atoms with Gasteiger partial charge in [0.15, 0.2) is 0 Å². The predicted octanol–water partition coefficient (Wildman–Crippen LogP) is 0.234. The van der Waals surface area contributed by atoms with Crippen LogP contribution < -0.4 is 5.32 Å². The van der Waals surface area contributed by atoms with Crippen LogP contribution >= 0.6 is 0 Å². The zero-order valence-corrected chi connectivity index (χ0v) is 8.37. The van der Waals surface area contributed by atoms with Gasteiger partial charge in [0.1, 0.15) is 5.69 Å². The molecule has 0 unspecified atom stereocenters. The van der Waals surface area contributed by atoms with Crippen LogP contribution in [0.15, 0.2) is 6.20 Å². The number of aliphatic hydroxyl groups is 1. The molecule has 0 bridgehead atoms. The van der Waals surface area contributed by atoms with E-state index in [0.29, 0.717) is 18.7 Å². The monoisotopic (exact) mass is 217 g/mol. The summed E-state index contributed by atoms with van der Waals surface area (Å²) in [4.78, 5) is 0. The van der Waals surface area contributed by atoms with Crippen LogP contribution in [0.3, 0.4) is 0 Å². The molecule has 4 nitrogen and oxygen atoms in total. The summed E-state index contributed by atoms with van der Waals surface area (Å²) in [5.41, 5.74) is -0.679. The Hall–Kier alpha value is -1.01. The molecular formula is C9H13F2N3O. The molecule has 0 saturated carbocycles. The van der Waals surface area contributed by atoms with Gasteiger partial charge in [0.05, 0.1) is 5.60 Å². The number of hydrogen-bond donors (Lipinski definition) is 2. The molecule has 1 saturated heterocycles. The summed E-state index contributed by atoms with van der Waals surface area (Å²) in [6.07, 6.45) is -0.816. The minimum Gasteiger partial charge on any atom is -0.387 e. The highest BCUT2D eigenvalue weighted by Crippen LogP contribution is 2.25. The number of alkyl halides is 2. The van der Waals surface area contributed by atoms with E-state index in [2.05, 4.69) is 10.4 Å². The van der Waals surface area contributed by atoms with Crippen molar-refractivity contribution in [3.63, 3.8) is 0 Å². The zero-order valence-electron chi connectivity index (χ0n) is 8.37. The summed E-state index contributed by atoms with van der Waals surface area (Å²) in [6, 6.07) is 0. The average molecular weight is 217 g/mol. The van der Waals surface area contributed by atoms with E-state index in [-0.39, 0.29) is 12.1 Å². The molecule has 0 amide bonds. The molecule has 0 radical (unpaired) electrons. The van der Waals surface area contributed by atoms with Crippen LogP contribution in [0.1, 0.15) is 17.7 Å². The topological polar surface area (TPSA) is 50.1 Å². The Kier molecular flexibility index (Phi) is 2.47. The van der Waals surface area contributed by atoms with Gasteiger partial charge < -0.3 is 10.4 Å². The van der Waals surface area contributed by atoms with Crippen LogP contribution in [0.4, 0.5) is 8.78 Å². The number of nitrogens with zero attached hydrogens (tertiary/aromatic N) is 2. The van der Waals surface area contributed by atoms with E-state index in [1.165, 1.54) is 10.9 Å². The lowest BCUT2D eigenvalue weighted by atomic mass is 9.89. The van der Waals surface area contributed by atoms with Gasteiger partial charge in [-0.2, -0.15) is 5.10 Å². The summed E-state index contributed by atoms with van der Waals surface area (Å²) in [5, 5.41) is 16.4. The minimum absolute atomic E-state index is 0.224. The first-order valence-electron chi connectivity index (χ1n) is 4.74. The predicted molar refractivity (Wildman–Crippen MR) is 49.7 cm³/mol. The molecule has 2 N–H and O–H groups in total. The summed E-state index contributed by atoms with van der Waals surface area (Å²) >= 11 is 0. The third-order valence-electron chi connectivity index (χ3n) is 2.57. The molecule has 6 heteroatoms. The molecule has 0 atom stereocenters. The van der Waals surface area contributed by atoms with E-state index in [0.717, 1.165) is 0 Å². The van der Waals surface area contributed by atoms with Gasteiger partial charge in [-0.25, -0.2) is 8.78 Å². The highest BCUT2D eigenvalue weighted by molar-refractivity contribution is 5.22. The molecule has 2 rings (SSSR count). The zero-order chi connectivity index (χ0) is 11.1. The highest BCUT2D eigenvalue weighted by Gasteiger charge is 2.36. The molecule has 0 spiro atoms. The van der Waals surface area contributed by atoms with Crippen molar-refractivity contribution >= 4 is 0 Å². The molecule has 15 heavy (non-hydrogen) atoms. The summed E-state index contributed by atoms with van der Waals surface area (Å²) < 4.78 is 26.5. The fourth-order valence-corrected chi connectivity index (χ4v) is 1.77. The van der Waals surface area contributed by atoms with E-state index >= 15 is 0 Å².